The van der Waals surface area contributed by atoms with Crippen molar-refractivity contribution in [3.05, 3.63) is 69.6 Å². The number of aromatic amines is 1. The predicted molar refractivity (Wildman–Crippen MR) is 127 cm³/mol. The van der Waals surface area contributed by atoms with E-state index < -0.39 is 9.84 Å². The van der Waals surface area contributed by atoms with Gasteiger partial charge in [-0.05, 0) is 41.8 Å². The van der Waals surface area contributed by atoms with Crippen LogP contribution in [0.3, 0.4) is 0 Å². The van der Waals surface area contributed by atoms with Crippen LogP contribution in [-0.2, 0) is 21.9 Å². The molecule has 0 aliphatic rings. The molecule has 3 rings (SSSR count). The summed E-state index contributed by atoms with van der Waals surface area (Å²) in [5.74, 6) is 1.11. The van der Waals surface area contributed by atoms with E-state index >= 15 is 0 Å². The number of nitrogens with one attached hydrogen (secondary N) is 1. The highest BCUT2D eigenvalue weighted by molar-refractivity contribution is 7.90. The first-order valence-electron chi connectivity index (χ1n) is 10.1. The molecule has 0 radical (unpaired) electrons. The third kappa shape index (κ3) is 5.39. The molecule has 1 N–H and O–H groups in total. The molecule has 0 amide bonds. The van der Waals surface area contributed by atoms with Gasteiger partial charge in [0.1, 0.15) is 12.4 Å². The molecule has 0 spiro atoms. The number of hydrogen-bond donors (Lipinski definition) is 1. The van der Waals surface area contributed by atoms with Crippen LogP contribution in [0.1, 0.15) is 44.0 Å². The summed E-state index contributed by atoms with van der Waals surface area (Å²) in [7, 11) is -3.42. The molecule has 0 atom stereocenters. The first-order chi connectivity index (χ1) is 15.0. The second kappa shape index (κ2) is 9.73. The fourth-order valence-electron chi connectivity index (χ4n) is 3.28. The Labute approximate surface area is 198 Å². The minimum atomic E-state index is -3.42. The van der Waals surface area contributed by atoms with Crippen LogP contribution in [0.2, 0.25) is 10.0 Å². The fraction of sp³-hybridized carbons (Fsp3) is 0.348. The summed E-state index contributed by atoms with van der Waals surface area (Å²) >= 11 is 12.9. The highest BCUT2D eigenvalue weighted by atomic mass is 35.5. The van der Waals surface area contributed by atoms with E-state index in [0.29, 0.717) is 33.8 Å². The average Bonchev–Trinajstić information content (AvgIpc) is 3.21. The van der Waals surface area contributed by atoms with E-state index in [4.69, 9.17) is 32.7 Å². The molecule has 2 aromatic carbocycles. The van der Waals surface area contributed by atoms with Gasteiger partial charge < -0.3 is 14.5 Å². The number of H-pyrrole nitrogens is 1. The third-order valence-electron chi connectivity index (χ3n) is 5.16. The summed E-state index contributed by atoms with van der Waals surface area (Å²) in [6.45, 7) is 6.80. The quantitative estimate of drug-likeness (QED) is 0.403. The van der Waals surface area contributed by atoms with Gasteiger partial charge in [0.05, 0.1) is 28.7 Å². The topological polar surface area (TPSA) is 81.3 Å². The smallest absolute Gasteiger partial charge is 0.194 e. The molecule has 9 heteroatoms. The molecule has 0 bridgehead atoms. The Morgan fingerprint density at radius 1 is 1.03 bits per heavy atom. The van der Waals surface area contributed by atoms with E-state index in [2.05, 4.69) is 23.8 Å². The largest absolute Gasteiger partial charge is 0.490 e. The third-order valence-corrected chi connectivity index (χ3v) is 6.78. The van der Waals surface area contributed by atoms with Crippen molar-refractivity contribution >= 4 is 33.0 Å². The lowest BCUT2D eigenvalue weighted by molar-refractivity contribution is 0.298. The Balaban J connectivity index is 1.77. The molecule has 3 aromatic rings. The Hall–Kier alpha value is -2.22. The van der Waals surface area contributed by atoms with Crippen molar-refractivity contribution in [2.24, 2.45) is 0 Å². The molecule has 6 nitrogen and oxygen atoms in total. The van der Waals surface area contributed by atoms with Crippen LogP contribution in [0, 0.1) is 0 Å². The van der Waals surface area contributed by atoms with E-state index in [1.165, 1.54) is 6.33 Å². The molecule has 32 heavy (non-hydrogen) atoms. The maximum atomic E-state index is 11.8. The number of imidazole rings is 1. The van der Waals surface area contributed by atoms with E-state index in [1.54, 1.807) is 0 Å². The number of sulfone groups is 1. The molecule has 0 fully saturated rings. The van der Waals surface area contributed by atoms with Crippen molar-refractivity contribution in [3.8, 4) is 11.5 Å². The molecular weight excluding hydrogens is 471 g/mol. The van der Waals surface area contributed by atoms with Crippen molar-refractivity contribution in [1.29, 1.82) is 0 Å². The molecule has 0 saturated carbocycles. The zero-order valence-corrected chi connectivity index (χ0v) is 20.7. The van der Waals surface area contributed by atoms with Gasteiger partial charge >= 0.3 is 0 Å². The van der Waals surface area contributed by atoms with Gasteiger partial charge in [-0.3, -0.25) is 0 Å². The number of hydrogen-bond acceptors (Lipinski definition) is 5. The van der Waals surface area contributed by atoms with Gasteiger partial charge in [-0.2, -0.15) is 0 Å². The number of rotatable bonds is 9. The monoisotopic (exact) mass is 496 g/mol. The van der Waals surface area contributed by atoms with Gasteiger partial charge in [0.15, 0.2) is 20.6 Å². The number of aromatic nitrogens is 2. The van der Waals surface area contributed by atoms with Crippen molar-refractivity contribution in [2.45, 2.75) is 44.2 Å². The molecule has 1 aromatic heterocycles. The van der Waals surface area contributed by atoms with Gasteiger partial charge in [-0.15, -0.1) is 0 Å². The summed E-state index contributed by atoms with van der Waals surface area (Å²) in [5, 5.41) is 0.959. The SMILES string of the molecule is CCCOc1c(Cl)cc(C(C)(C)c2ccc(OCc3[nH]cnc3S(C)(=O)=O)cc2)cc1Cl. The molecule has 0 unspecified atom stereocenters. The lowest BCUT2D eigenvalue weighted by atomic mass is 9.78. The van der Waals surface area contributed by atoms with Crippen LogP contribution < -0.4 is 9.47 Å². The number of halogens is 2. The van der Waals surface area contributed by atoms with Gasteiger partial charge in [0.25, 0.3) is 0 Å². The standard InChI is InChI=1S/C23H26Cl2N2O4S/c1-5-10-30-21-18(24)11-16(12-19(21)25)23(2,3)15-6-8-17(9-7-15)31-13-20-22(27-14-26-20)32(4,28)29/h6-9,11-12,14H,5,10,13H2,1-4H3,(H,26,27). The van der Waals surface area contributed by atoms with Crippen LogP contribution in [0.5, 0.6) is 11.5 Å². The van der Waals surface area contributed by atoms with Gasteiger partial charge in [0.2, 0.25) is 0 Å². The summed E-state index contributed by atoms with van der Waals surface area (Å²) in [6, 6.07) is 11.4. The minimum Gasteiger partial charge on any atom is -0.490 e. The summed E-state index contributed by atoms with van der Waals surface area (Å²) < 4.78 is 35.0. The zero-order chi connectivity index (χ0) is 23.5. The highest BCUT2D eigenvalue weighted by Crippen LogP contribution is 2.40. The van der Waals surface area contributed by atoms with E-state index in [0.717, 1.165) is 23.8 Å². The highest BCUT2D eigenvalue weighted by Gasteiger charge is 2.26. The Morgan fingerprint density at radius 2 is 1.66 bits per heavy atom. The Morgan fingerprint density at radius 3 is 2.22 bits per heavy atom. The maximum absolute atomic E-state index is 11.8. The number of ether oxygens (including phenoxy) is 2. The van der Waals surface area contributed by atoms with E-state index in [-0.39, 0.29) is 17.0 Å². The Bertz CT molecular complexity index is 1170. The van der Waals surface area contributed by atoms with E-state index in [9.17, 15) is 8.42 Å². The van der Waals surface area contributed by atoms with Crippen molar-refractivity contribution in [2.75, 3.05) is 12.9 Å². The molecule has 0 aliphatic heterocycles. The van der Waals surface area contributed by atoms with Crippen LogP contribution in [0.25, 0.3) is 0 Å². The lowest BCUT2D eigenvalue weighted by Crippen LogP contribution is -2.19. The summed E-state index contributed by atoms with van der Waals surface area (Å²) in [6.07, 6.45) is 3.32. The second-order valence-corrected chi connectivity index (χ2v) is 10.8. The fourth-order valence-corrected chi connectivity index (χ4v) is 4.69. The van der Waals surface area contributed by atoms with Gasteiger partial charge in [0, 0.05) is 11.7 Å². The maximum Gasteiger partial charge on any atom is 0.194 e. The predicted octanol–water partition coefficient (Wildman–Crippen LogP) is 5.81. The first-order valence-corrected chi connectivity index (χ1v) is 12.8. The molecule has 1 heterocycles. The van der Waals surface area contributed by atoms with Crippen LogP contribution in [0.4, 0.5) is 0 Å². The van der Waals surface area contributed by atoms with Gasteiger partial charge in [-0.25, -0.2) is 13.4 Å². The Kier molecular flexibility index (Phi) is 7.43. The van der Waals surface area contributed by atoms with Crippen LogP contribution in [-0.4, -0.2) is 31.2 Å². The second-order valence-electron chi connectivity index (χ2n) is 8.01. The molecule has 0 aliphatic carbocycles. The van der Waals surface area contributed by atoms with E-state index in [1.807, 2.05) is 43.3 Å². The lowest BCUT2D eigenvalue weighted by Gasteiger charge is -2.27. The number of benzene rings is 2. The van der Waals surface area contributed by atoms with Crippen molar-refractivity contribution in [1.82, 2.24) is 9.97 Å². The summed E-state index contributed by atoms with van der Waals surface area (Å²) in [4.78, 5) is 6.68. The molecule has 0 saturated heterocycles. The van der Waals surface area contributed by atoms with Crippen molar-refractivity contribution < 1.29 is 17.9 Å². The minimum absolute atomic E-state index is 0.00428. The average molecular weight is 497 g/mol. The first kappa shape index (κ1) is 24.4. The molecule has 172 valence electrons. The van der Waals surface area contributed by atoms with Crippen LogP contribution >= 0.6 is 23.2 Å². The number of nitrogens with zero attached hydrogens (tertiary/aromatic N) is 1. The summed E-state index contributed by atoms with van der Waals surface area (Å²) in [5.41, 5.74) is 2.03. The van der Waals surface area contributed by atoms with Crippen LogP contribution in [0.15, 0.2) is 47.8 Å². The van der Waals surface area contributed by atoms with Crippen molar-refractivity contribution in [3.63, 3.8) is 0 Å². The zero-order valence-electron chi connectivity index (χ0n) is 18.4. The molecular formula is C23H26Cl2N2O4S. The normalized spacial score (nSPS) is 12.1. The van der Waals surface area contributed by atoms with Gasteiger partial charge in [-0.1, -0.05) is 56.1 Å².